The van der Waals surface area contributed by atoms with Gasteiger partial charge in [0.25, 0.3) is 5.56 Å². The van der Waals surface area contributed by atoms with Crippen molar-refractivity contribution in [2.75, 3.05) is 20.8 Å². The van der Waals surface area contributed by atoms with E-state index in [2.05, 4.69) is 4.98 Å². The van der Waals surface area contributed by atoms with Gasteiger partial charge in [0.15, 0.2) is 23.9 Å². The number of hydrogen-bond donors (Lipinski definition) is 0. The quantitative estimate of drug-likeness (QED) is 0.425. The molecule has 0 unspecified atom stereocenters. The molecule has 0 atom stereocenters. The summed E-state index contributed by atoms with van der Waals surface area (Å²) in [5.74, 6) is -0.0499. The van der Waals surface area contributed by atoms with Crippen LogP contribution in [-0.4, -0.2) is 42.1 Å². The Morgan fingerprint density at radius 2 is 1.79 bits per heavy atom. The van der Waals surface area contributed by atoms with Crippen LogP contribution in [0.3, 0.4) is 0 Å². The summed E-state index contributed by atoms with van der Waals surface area (Å²) in [7, 11) is 2.97. The van der Waals surface area contributed by atoms with Crippen molar-refractivity contribution in [1.29, 1.82) is 0 Å². The molecular formula is C21H20N2O6. The highest BCUT2D eigenvalue weighted by Crippen LogP contribution is 2.27. The molecule has 0 radical (unpaired) electrons. The van der Waals surface area contributed by atoms with Crippen molar-refractivity contribution in [3.63, 3.8) is 0 Å². The SMILES string of the molecule is COc1ccc(C(=O)COC(=O)CCn2cnc3ccccc3c2=O)cc1OC. The Hall–Kier alpha value is -3.68. The van der Waals surface area contributed by atoms with Crippen LogP contribution in [-0.2, 0) is 16.1 Å². The van der Waals surface area contributed by atoms with Crippen molar-refractivity contribution in [3.8, 4) is 11.5 Å². The third-order valence-corrected chi connectivity index (χ3v) is 4.36. The predicted molar refractivity (Wildman–Crippen MR) is 105 cm³/mol. The van der Waals surface area contributed by atoms with Gasteiger partial charge in [-0.1, -0.05) is 12.1 Å². The lowest BCUT2D eigenvalue weighted by molar-refractivity contribution is -0.142. The molecule has 0 aliphatic carbocycles. The molecule has 1 aromatic heterocycles. The maximum atomic E-state index is 12.4. The zero-order valence-corrected chi connectivity index (χ0v) is 16.1. The molecular weight excluding hydrogens is 376 g/mol. The van der Waals surface area contributed by atoms with Gasteiger partial charge >= 0.3 is 5.97 Å². The number of carbonyl (C=O) groups excluding carboxylic acids is 2. The van der Waals surface area contributed by atoms with Gasteiger partial charge in [0.2, 0.25) is 0 Å². The molecule has 1 heterocycles. The number of carbonyl (C=O) groups is 2. The highest BCUT2D eigenvalue weighted by atomic mass is 16.5. The molecule has 0 aliphatic heterocycles. The van der Waals surface area contributed by atoms with Crippen LogP contribution in [0.5, 0.6) is 11.5 Å². The molecule has 0 bridgehead atoms. The summed E-state index contributed by atoms with van der Waals surface area (Å²) in [4.78, 5) is 40.8. The second-order valence-corrected chi connectivity index (χ2v) is 6.16. The second-order valence-electron chi connectivity index (χ2n) is 6.16. The lowest BCUT2D eigenvalue weighted by atomic mass is 10.1. The first kappa shape index (κ1) is 20.1. The maximum Gasteiger partial charge on any atom is 0.308 e. The van der Waals surface area contributed by atoms with Gasteiger partial charge in [-0.25, -0.2) is 4.98 Å². The topological polar surface area (TPSA) is 96.7 Å². The number of para-hydroxylation sites is 1. The minimum absolute atomic E-state index is 0.0564. The maximum absolute atomic E-state index is 12.4. The number of benzene rings is 2. The predicted octanol–water partition coefficient (Wildman–Crippen LogP) is 2.23. The highest BCUT2D eigenvalue weighted by Gasteiger charge is 2.14. The zero-order chi connectivity index (χ0) is 20.8. The monoisotopic (exact) mass is 396 g/mol. The second kappa shape index (κ2) is 9.01. The number of methoxy groups -OCH3 is 2. The Morgan fingerprint density at radius 1 is 1.03 bits per heavy atom. The zero-order valence-electron chi connectivity index (χ0n) is 16.1. The van der Waals surface area contributed by atoms with Gasteiger partial charge in [0.1, 0.15) is 0 Å². The van der Waals surface area contributed by atoms with Gasteiger partial charge in [-0.15, -0.1) is 0 Å². The molecule has 0 saturated carbocycles. The molecule has 8 heteroatoms. The first-order chi connectivity index (χ1) is 14.0. The van der Waals surface area contributed by atoms with E-state index in [0.29, 0.717) is 28.0 Å². The van der Waals surface area contributed by atoms with Crippen LogP contribution in [0.2, 0.25) is 0 Å². The Morgan fingerprint density at radius 3 is 2.55 bits per heavy atom. The Balaban J connectivity index is 1.57. The van der Waals surface area contributed by atoms with Crippen molar-refractivity contribution < 1.29 is 23.8 Å². The molecule has 0 amide bonds. The number of fused-ring (bicyclic) bond motifs is 1. The molecule has 29 heavy (non-hydrogen) atoms. The summed E-state index contributed by atoms with van der Waals surface area (Å²) in [5.41, 5.74) is 0.701. The molecule has 150 valence electrons. The van der Waals surface area contributed by atoms with Gasteiger partial charge in [-0.2, -0.15) is 0 Å². The van der Waals surface area contributed by atoms with Crippen LogP contribution in [0.4, 0.5) is 0 Å². The van der Waals surface area contributed by atoms with Crippen molar-refractivity contribution in [2.45, 2.75) is 13.0 Å². The molecule has 0 N–H and O–H groups in total. The largest absolute Gasteiger partial charge is 0.493 e. The summed E-state index contributed by atoms with van der Waals surface area (Å²) < 4.78 is 16.7. The lowest BCUT2D eigenvalue weighted by Crippen LogP contribution is -2.23. The minimum Gasteiger partial charge on any atom is -0.493 e. The molecule has 3 rings (SSSR count). The van der Waals surface area contributed by atoms with E-state index in [1.165, 1.54) is 31.2 Å². The fraction of sp³-hybridized carbons (Fsp3) is 0.238. The molecule has 0 aliphatic rings. The molecule has 0 fully saturated rings. The molecule has 0 saturated heterocycles. The van der Waals surface area contributed by atoms with E-state index >= 15 is 0 Å². The number of hydrogen-bond acceptors (Lipinski definition) is 7. The van der Waals surface area contributed by atoms with E-state index in [-0.39, 0.29) is 24.3 Å². The Labute approximate surface area is 166 Å². The number of ketones is 1. The van der Waals surface area contributed by atoms with E-state index in [1.807, 2.05) is 0 Å². The van der Waals surface area contributed by atoms with Gasteiger partial charge < -0.3 is 14.2 Å². The third kappa shape index (κ3) is 4.60. The fourth-order valence-corrected chi connectivity index (χ4v) is 2.79. The van der Waals surface area contributed by atoms with Crippen LogP contribution >= 0.6 is 0 Å². The average molecular weight is 396 g/mol. The molecule has 2 aromatic carbocycles. The van der Waals surface area contributed by atoms with E-state index in [9.17, 15) is 14.4 Å². The number of aromatic nitrogens is 2. The molecule has 0 spiro atoms. The number of nitrogens with zero attached hydrogens (tertiary/aromatic N) is 2. The van der Waals surface area contributed by atoms with Crippen molar-refractivity contribution >= 4 is 22.7 Å². The number of ether oxygens (including phenoxy) is 3. The number of aryl methyl sites for hydroxylation is 1. The lowest BCUT2D eigenvalue weighted by Gasteiger charge is -2.10. The van der Waals surface area contributed by atoms with Crippen LogP contribution in [0.25, 0.3) is 10.9 Å². The fourth-order valence-electron chi connectivity index (χ4n) is 2.79. The van der Waals surface area contributed by atoms with E-state index in [4.69, 9.17) is 14.2 Å². The van der Waals surface area contributed by atoms with Crippen molar-refractivity contribution in [1.82, 2.24) is 9.55 Å². The van der Waals surface area contributed by atoms with Gasteiger partial charge in [0, 0.05) is 12.1 Å². The standard InChI is InChI=1S/C21H20N2O6/c1-27-18-8-7-14(11-19(18)28-2)17(24)12-29-20(25)9-10-23-13-22-16-6-4-3-5-15(16)21(23)26/h3-8,11,13H,9-10,12H2,1-2H3. The Bertz CT molecular complexity index is 1110. The van der Waals surface area contributed by atoms with Crippen molar-refractivity contribution in [3.05, 3.63) is 64.7 Å². The normalized spacial score (nSPS) is 10.6. The van der Waals surface area contributed by atoms with Crippen molar-refractivity contribution in [2.24, 2.45) is 0 Å². The average Bonchev–Trinajstić information content (AvgIpc) is 2.76. The van der Waals surface area contributed by atoms with Crippen LogP contribution < -0.4 is 15.0 Å². The molecule has 3 aromatic rings. The van der Waals surface area contributed by atoms with E-state index in [1.54, 1.807) is 36.4 Å². The Kier molecular flexibility index (Phi) is 6.23. The first-order valence-corrected chi connectivity index (χ1v) is 8.88. The van der Waals surface area contributed by atoms with Gasteiger partial charge in [0.05, 0.1) is 37.9 Å². The minimum atomic E-state index is -0.584. The van der Waals surface area contributed by atoms with Crippen LogP contribution in [0, 0.1) is 0 Å². The van der Waals surface area contributed by atoms with E-state index in [0.717, 1.165) is 0 Å². The summed E-state index contributed by atoms with van der Waals surface area (Å²) in [5, 5.41) is 0.479. The van der Waals surface area contributed by atoms with Gasteiger partial charge in [-0.3, -0.25) is 19.0 Å². The highest BCUT2D eigenvalue weighted by molar-refractivity contribution is 5.98. The summed E-state index contributed by atoms with van der Waals surface area (Å²) in [6.45, 7) is -0.292. The summed E-state index contributed by atoms with van der Waals surface area (Å²) in [6, 6.07) is 11.7. The third-order valence-electron chi connectivity index (χ3n) is 4.36. The molecule has 8 nitrogen and oxygen atoms in total. The summed E-state index contributed by atoms with van der Waals surface area (Å²) >= 11 is 0. The summed E-state index contributed by atoms with van der Waals surface area (Å²) in [6.07, 6.45) is 1.34. The smallest absolute Gasteiger partial charge is 0.308 e. The number of rotatable bonds is 8. The van der Waals surface area contributed by atoms with Crippen LogP contribution in [0.15, 0.2) is 53.6 Å². The van der Waals surface area contributed by atoms with Gasteiger partial charge in [-0.05, 0) is 30.3 Å². The van der Waals surface area contributed by atoms with E-state index < -0.39 is 12.6 Å². The number of Topliss-reactive ketones (excluding diaryl/α,β-unsaturated/α-hetero) is 1. The van der Waals surface area contributed by atoms with Crippen LogP contribution in [0.1, 0.15) is 16.8 Å². The first-order valence-electron chi connectivity index (χ1n) is 8.88. The number of esters is 1.